The fraction of sp³-hybridized carbons (Fsp3) is 0.308. The molecule has 0 atom stereocenters. The Morgan fingerprint density at radius 2 is 2.20 bits per heavy atom. The van der Waals surface area contributed by atoms with Crippen LogP contribution in [0.15, 0.2) is 10.4 Å². The molecule has 0 bridgehead atoms. The Balaban J connectivity index is 2.53. The molecule has 2 rings (SSSR count). The van der Waals surface area contributed by atoms with Gasteiger partial charge in [0.05, 0.1) is 5.69 Å². The van der Waals surface area contributed by atoms with Crippen LogP contribution < -0.4 is 11.5 Å². The van der Waals surface area contributed by atoms with E-state index in [1.54, 1.807) is 6.92 Å². The number of carbonyl (C=O) groups excluding carboxylic acids is 1. The Bertz CT molecular complexity index is 679. The summed E-state index contributed by atoms with van der Waals surface area (Å²) in [6.45, 7) is 5.48. The average molecular weight is 291 g/mol. The fourth-order valence-corrected chi connectivity index (χ4v) is 2.96. The van der Waals surface area contributed by atoms with E-state index >= 15 is 0 Å². The number of carbonyl (C=O) groups is 1. The number of hydrogen-bond donors (Lipinski definition) is 3. The first kappa shape index (κ1) is 14.3. The monoisotopic (exact) mass is 291 g/mol. The number of aromatic amines is 1. The second-order valence-electron chi connectivity index (χ2n) is 4.44. The van der Waals surface area contributed by atoms with Gasteiger partial charge in [0, 0.05) is 16.6 Å². The molecule has 2 heterocycles. The molecular formula is C13H17N5OS. The predicted molar refractivity (Wildman–Crippen MR) is 81.5 cm³/mol. The number of aliphatic imine (C=N–C) groups is 1. The summed E-state index contributed by atoms with van der Waals surface area (Å²) in [6.07, 6.45) is 0.754. The number of aryl methyl sites for hydroxylation is 1. The number of ketones is 1. The fourth-order valence-electron chi connectivity index (χ4n) is 2.27. The van der Waals surface area contributed by atoms with Crippen molar-refractivity contribution in [1.29, 1.82) is 0 Å². The summed E-state index contributed by atoms with van der Waals surface area (Å²) in [5, 5.41) is 2.37. The number of nitrogens with two attached hydrogens (primary N) is 2. The summed E-state index contributed by atoms with van der Waals surface area (Å²) in [4.78, 5) is 23.3. The molecule has 0 saturated heterocycles. The Morgan fingerprint density at radius 1 is 1.50 bits per heavy atom. The number of nitrogens with one attached hydrogen (secondary N) is 1. The van der Waals surface area contributed by atoms with Gasteiger partial charge in [0.25, 0.3) is 0 Å². The van der Waals surface area contributed by atoms with Crippen LogP contribution in [0.25, 0.3) is 11.4 Å². The number of rotatable bonds is 4. The third-order valence-corrected chi connectivity index (χ3v) is 3.70. The van der Waals surface area contributed by atoms with Crippen LogP contribution in [0.3, 0.4) is 0 Å². The van der Waals surface area contributed by atoms with E-state index in [-0.39, 0.29) is 11.7 Å². The van der Waals surface area contributed by atoms with Crippen LogP contribution >= 0.6 is 11.3 Å². The zero-order chi connectivity index (χ0) is 14.9. The lowest BCUT2D eigenvalue weighted by molar-refractivity contribution is 0.101. The summed E-state index contributed by atoms with van der Waals surface area (Å²) >= 11 is 1.35. The summed E-state index contributed by atoms with van der Waals surface area (Å²) in [7, 11) is 0. The summed E-state index contributed by atoms with van der Waals surface area (Å²) in [6, 6.07) is 0. The van der Waals surface area contributed by atoms with Gasteiger partial charge in [-0.1, -0.05) is 6.92 Å². The topological polar surface area (TPSA) is 110 Å². The normalized spacial score (nSPS) is 10.6. The van der Waals surface area contributed by atoms with Crippen molar-refractivity contribution in [2.24, 2.45) is 16.5 Å². The van der Waals surface area contributed by atoms with Gasteiger partial charge in [-0.15, -0.1) is 11.3 Å². The molecule has 7 heteroatoms. The van der Waals surface area contributed by atoms with Gasteiger partial charge in [-0.2, -0.15) is 4.99 Å². The minimum atomic E-state index is -0.0197. The lowest BCUT2D eigenvalue weighted by atomic mass is 10.0. The Morgan fingerprint density at radius 3 is 2.75 bits per heavy atom. The third-order valence-electron chi connectivity index (χ3n) is 2.97. The highest BCUT2D eigenvalue weighted by atomic mass is 32.1. The number of hydrogen-bond acceptors (Lipinski definition) is 4. The highest BCUT2D eigenvalue weighted by Gasteiger charge is 2.19. The zero-order valence-electron chi connectivity index (χ0n) is 11.7. The molecule has 0 aliphatic rings. The van der Waals surface area contributed by atoms with E-state index in [1.165, 1.54) is 11.3 Å². The van der Waals surface area contributed by atoms with Crippen molar-refractivity contribution in [3.63, 3.8) is 0 Å². The van der Waals surface area contributed by atoms with Crippen molar-refractivity contribution in [2.75, 3.05) is 0 Å². The number of H-pyrrole nitrogens is 1. The molecule has 20 heavy (non-hydrogen) atoms. The molecule has 2 aromatic rings. The molecule has 0 aromatic carbocycles. The highest BCUT2D eigenvalue weighted by Crippen LogP contribution is 2.32. The quantitative estimate of drug-likeness (QED) is 0.455. The van der Waals surface area contributed by atoms with E-state index in [9.17, 15) is 4.79 Å². The molecule has 0 radical (unpaired) electrons. The maximum Gasteiger partial charge on any atom is 0.212 e. The van der Waals surface area contributed by atoms with Crippen LogP contribution in [-0.2, 0) is 6.42 Å². The van der Waals surface area contributed by atoms with Gasteiger partial charge in [-0.25, -0.2) is 4.98 Å². The van der Waals surface area contributed by atoms with Gasteiger partial charge in [-0.05, 0) is 25.8 Å². The summed E-state index contributed by atoms with van der Waals surface area (Å²) in [5.41, 5.74) is 14.9. The Kier molecular flexibility index (Phi) is 3.89. The zero-order valence-corrected chi connectivity index (χ0v) is 12.5. The molecule has 0 spiro atoms. The van der Waals surface area contributed by atoms with Crippen LogP contribution in [0.5, 0.6) is 0 Å². The van der Waals surface area contributed by atoms with Crippen LogP contribution in [0.2, 0.25) is 0 Å². The third kappa shape index (κ3) is 2.57. The van der Waals surface area contributed by atoms with Gasteiger partial charge >= 0.3 is 0 Å². The van der Waals surface area contributed by atoms with Gasteiger partial charge in [0.2, 0.25) is 5.13 Å². The molecule has 2 aromatic heterocycles. The van der Waals surface area contributed by atoms with Crippen molar-refractivity contribution < 1.29 is 4.79 Å². The van der Waals surface area contributed by atoms with Crippen LogP contribution in [-0.4, -0.2) is 21.7 Å². The van der Waals surface area contributed by atoms with Crippen LogP contribution in [0.4, 0.5) is 5.13 Å². The molecule has 5 N–H and O–H groups in total. The van der Waals surface area contributed by atoms with Gasteiger partial charge < -0.3 is 16.5 Å². The van der Waals surface area contributed by atoms with Crippen LogP contribution in [0, 0.1) is 6.92 Å². The number of nitrogens with zero attached hydrogens (tertiary/aromatic N) is 2. The Labute approximate surface area is 120 Å². The van der Waals surface area contributed by atoms with Crippen molar-refractivity contribution in [3.8, 4) is 11.4 Å². The maximum atomic E-state index is 11.7. The number of Topliss-reactive ketones (excluding diaryl/α,β-unsaturated/α-hetero) is 1. The average Bonchev–Trinajstić information content (AvgIpc) is 2.91. The van der Waals surface area contributed by atoms with Crippen molar-refractivity contribution >= 4 is 28.2 Å². The lowest BCUT2D eigenvalue weighted by Gasteiger charge is -2.00. The van der Waals surface area contributed by atoms with E-state index in [0.717, 1.165) is 34.6 Å². The molecule has 0 fully saturated rings. The smallest absolute Gasteiger partial charge is 0.212 e. The summed E-state index contributed by atoms with van der Waals surface area (Å²) < 4.78 is 0. The van der Waals surface area contributed by atoms with Crippen molar-refractivity contribution in [3.05, 3.63) is 22.2 Å². The molecule has 0 amide bonds. The number of thiazole rings is 1. The molecule has 0 saturated carbocycles. The molecule has 106 valence electrons. The van der Waals surface area contributed by atoms with E-state index in [1.807, 2.05) is 19.2 Å². The second kappa shape index (κ2) is 5.46. The minimum Gasteiger partial charge on any atom is -0.370 e. The van der Waals surface area contributed by atoms with E-state index in [0.29, 0.717) is 5.13 Å². The molecule has 6 nitrogen and oxygen atoms in total. The standard InChI is InChI=1S/C13H17N5OS/c1-4-8-10(7(3)19)6(2)16-11(8)9-5-20-13(17-9)18-12(14)15/h5,16H,4H2,1-3H3,(H4,14,15,17,18). The van der Waals surface area contributed by atoms with E-state index < -0.39 is 0 Å². The Hall–Kier alpha value is -2.15. The second-order valence-corrected chi connectivity index (χ2v) is 5.28. The SMILES string of the molecule is CCc1c(-c2csc(N=C(N)N)n2)[nH]c(C)c1C(C)=O. The van der Waals surface area contributed by atoms with Crippen molar-refractivity contribution in [1.82, 2.24) is 9.97 Å². The first-order chi connectivity index (χ1) is 9.43. The largest absolute Gasteiger partial charge is 0.370 e. The van der Waals surface area contributed by atoms with Gasteiger partial charge in [-0.3, -0.25) is 4.79 Å². The highest BCUT2D eigenvalue weighted by molar-refractivity contribution is 7.13. The van der Waals surface area contributed by atoms with Gasteiger partial charge in [0.15, 0.2) is 11.7 Å². The van der Waals surface area contributed by atoms with E-state index in [4.69, 9.17) is 11.5 Å². The predicted octanol–water partition coefficient (Wildman–Crippen LogP) is 2.12. The lowest BCUT2D eigenvalue weighted by Crippen LogP contribution is -2.21. The molecule has 0 aliphatic carbocycles. The number of aromatic nitrogens is 2. The molecule has 0 unspecified atom stereocenters. The van der Waals surface area contributed by atoms with Crippen molar-refractivity contribution in [2.45, 2.75) is 27.2 Å². The van der Waals surface area contributed by atoms with Crippen LogP contribution in [0.1, 0.15) is 35.5 Å². The number of guanidine groups is 1. The molecule has 0 aliphatic heterocycles. The molecular weight excluding hydrogens is 274 g/mol. The van der Waals surface area contributed by atoms with E-state index in [2.05, 4.69) is 15.0 Å². The first-order valence-corrected chi connectivity index (χ1v) is 7.09. The first-order valence-electron chi connectivity index (χ1n) is 6.22. The summed E-state index contributed by atoms with van der Waals surface area (Å²) in [5.74, 6) is 0.0373. The minimum absolute atomic E-state index is 0.0197. The van der Waals surface area contributed by atoms with Gasteiger partial charge in [0.1, 0.15) is 5.69 Å². The maximum absolute atomic E-state index is 11.7.